The van der Waals surface area contributed by atoms with Crippen LogP contribution in [0.4, 0.5) is 0 Å². The summed E-state index contributed by atoms with van der Waals surface area (Å²) in [5, 5.41) is 0. The molecule has 6 heteroatoms. The molecule has 0 bridgehead atoms. The van der Waals surface area contributed by atoms with Gasteiger partial charge in [0.2, 0.25) is 11.8 Å². The topological polar surface area (TPSA) is 72.2 Å². The van der Waals surface area contributed by atoms with Gasteiger partial charge in [-0.15, -0.1) is 0 Å². The smallest absolute Gasteiger partial charge is 1.00 e. The molecule has 2 amide bonds. The van der Waals surface area contributed by atoms with Crippen molar-refractivity contribution in [3.8, 4) is 0 Å². The molecule has 0 saturated carbocycles. The maximum absolute atomic E-state index is 10.1. The summed E-state index contributed by atoms with van der Waals surface area (Å²) < 4.78 is 2.35. The zero-order valence-electron chi connectivity index (χ0n) is 7.01. The molecule has 0 aromatic rings. The number of carbonyl (C=O) groups is 2. The van der Waals surface area contributed by atoms with E-state index in [1.807, 2.05) is 0 Å². The molecule has 0 heterocycles. The Morgan fingerprint density at radius 2 is 2.20 bits per heavy atom. The van der Waals surface area contributed by atoms with E-state index < -0.39 is 5.91 Å². The SMILES string of the molecule is CC(=O)NSCC(N)=O.[H-].[K+]. The van der Waals surface area contributed by atoms with Crippen molar-refractivity contribution >= 4 is 23.8 Å². The predicted octanol–water partition coefficient (Wildman–Crippen LogP) is -3.63. The zero-order chi connectivity index (χ0) is 7.28. The quantitative estimate of drug-likeness (QED) is 0.355. The average molecular weight is 188 g/mol. The summed E-state index contributed by atoms with van der Waals surface area (Å²) in [4.78, 5) is 20.2. The summed E-state index contributed by atoms with van der Waals surface area (Å²) in [6, 6.07) is 0. The van der Waals surface area contributed by atoms with Crippen LogP contribution in [-0.2, 0) is 9.59 Å². The van der Waals surface area contributed by atoms with Crippen LogP contribution in [-0.4, -0.2) is 17.6 Å². The number of primary amides is 1. The third-order valence-corrected chi connectivity index (χ3v) is 1.29. The van der Waals surface area contributed by atoms with Crippen LogP contribution in [0.1, 0.15) is 8.35 Å². The summed E-state index contributed by atoms with van der Waals surface area (Å²) in [6.45, 7) is 1.37. The van der Waals surface area contributed by atoms with E-state index in [2.05, 4.69) is 4.72 Å². The fourth-order valence-electron chi connectivity index (χ4n) is 0.209. The molecule has 3 N–H and O–H groups in total. The molecule has 4 nitrogen and oxygen atoms in total. The molecular weight excluding hydrogens is 179 g/mol. The first kappa shape index (κ1) is 13.5. The van der Waals surface area contributed by atoms with Gasteiger partial charge in [0.25, 0.3) is 0 Å². The molecule has 0 aromatic carbocycles. The Hall–Kier alpha value is 0.926. The van der Waals surface area contributed by atoms with Crippen molar-refractivity contribution in [2.24, 2.45) is 5.73 Å². The minimum Gasteiger partial charge on any atom is -1.00 e. The number of amides is 2. The van der Waals surface area contributed by atoms with Crippen molar-refractivity contribution in [1.29, 1.82) is 0 Å². The van der Waals surface area contributed by atoms with Gasteiger partial charge >= 0.3 is 51.4 Å². The minimum atomic E-state index is -0.436. The monoisotopic (exact) mass is 188 g/mol. The van der Waals surface area contributed by atoms with E-state index in [9.17, 15) is 9.59 Å². The Labute approximate surface area is 108 Å². The van der Waals surface area contributed by atoms with Crippen LogP contribution in [0.2, 0.25) is 0 Å². The van der Waals surface area contributed by atoms with Crippen LogP contribution < -0.4 is 61.8 Å². The van der Waals surface area contributed by atoms with Crippen molar-refractivity contribution in [2.45, 2.75) is 6.92 Å². The molecule has 54 valence electrons. The van der Waals surface area contributed by atoms with Crippen LogP contribution in [0.15, 0.2) is 0 Å². The number of hydrogen-bond donors (Lipinski definition) is 2. The normalized spacial score (nSPS) is 7.70. The number of hydrogen-bond acceptors (Lipinski definition) is 3. The molecule has 0 radical (unpaired) electrons. The van der Waals surface area contributed by atoms with Crippen LogP contribution >= 0.6 is 11.9 Å². The Kier molecular flexibility index (Phi) is 10.8. The number of nitrogens with two attached hydrogens (primary N) is 1. The van der Waals surface area contributed by atoms with Crippen LogP contribution in [0.3, 0.4) is 0 Å². The first-order valence-corrected chi connectivity index (χ1v) is 3.28. The maximum Gasteiger partial charge on any atom is 1.00 e. The summed E-state index contributed by atoms with van der Waals surface area (Å²) >= 11 is 0.995. The van der Waals surface area contributed by atoms with E-state index in [0.29, 0.717) is 0 Å². The molecule has 0 aliphatic heterocycles. The predicted molar refractivity (Wildman–Crippen MR) is 36.6 cm³/mol. The summed E-state index contributed by atoms with van der Waals surface area (Å²) in [5.41, 5.74) is 4.77. The number of rotatable bonds is 3. The first-order valence-electron chi connectivity index (χ1n) is 2.29. The molecule has 0 spiro atoms. The Morgan fingerprint density at radius 3 is 2.50 bits per heavy atom. The van der Waals surface area contributed by atoms with Crippen molar-refractivity contribution in [2.75, 3.05) is 5.75 Å². The van der Waals surface area contributed by atoms with Crippen molar-refractivity contribution in [3.05, 3.63) is 0 Å². The molecule has 0 unspecified atom stereocenters. The number of nitrogens with one attached hydrogen (secondary N) is 1. The van der Waals surface area contributed by atoms with Gasteiger partial charge in [-0.25, -0.2) is 0 Å². The fraction of sp³-hybridized carbons (Fsp3) is 0.500. The fourth-order valence-corrected chi connectivity index (χ4v) is 0.627. The second-order valence-electron chi connectivity index (χ2n) is 1.41. The van der Waals surface area contributed by atoms with Crippen LogP contribution in [0.25, 0.3) is 0 Å². The van der Waals surface area contributed by atoms with E-state index in [1.54, 1.807) is 0 Å². The van der Waals surface area contributed by atoms with E-state index >= 15 is 0 Å². The summed E-state index contributed by atoms with van der Waals surface area (Å²) in [6.07, 6.45) is 0. The second-order valence-corrected chi connectivity index (χ2v) is 2.19. The standard InChI is InChI=1S/C4H8N2O2S.K.H/c1-3(7)6-9-2-4(5)8;;/h2H2,1H3,(H2,5,8)(H,6,7);;/q;+1;-1. The van der Waals surface area contributed by atoms with Crippen molar-refractivity contribution in [3.63, 3.8) is 0 Å². The van der Waals surface area contributed by atoms with Gasteiger partial charge in [0.15, 0.2) is 0 Å². The van der Waals surface area contributed by atoms with E-state index in [0.717, 1.165) is 11.9 Å². The number of carbonyl (C=O) groups excluding carboxylic acids is 2. The Bertz CT molecular complexity index is 121. The average Bonchev–Trinajstić information content (AvgIpc) is 1.63. The van der Waals surface area contributed by atoms with Gasteiger partial charge in [0.05, 0.1) is 5.75 Å². The van der Waals surface area contributed by atoms with Gasteiger partial charge in [-0.3, -0.25) is 14.3 Å². The van der Waals surface area contributed by atoms with Crippen LogP contribution in [0, 0.1) is 0 Å². The molecule has 10 heavy (non-hydrogen) atoms. The van der Waals surface area contributed by atoms with E-state index in [1.165, 1.54) is 6.92 Å². The molecule has 0 atom stereocenters. The summed E-state index contributed by atoms with van der Waals surface area (Å²) in [5.74, 6) is -0.491. The third kappa shape index (κ3) is 11.7. The molecule has 0 aliphatic rings. The van der Waals surface area contributed by atoms with E-state index in [-0.39, 0.29) is 64.5 Å². The van der Waals surface area contributed by atoms with Gasteiger partial charge in [-0.05, 0) is 11.9 Å². The Morgan fingerprint density at radius 1 is 1.70 bits per heavy atom. The van der Waals surface area contributed by atoms with Gasteiger partial charge in [-0.2, -0.15) is 0 Å². The molecular formula is C4H9KN2O2S. The van der Waals surface area contributed by atoms with Gasteiger partial charge in [0.1, 0.15) is 0 Å². The van der Waals surface area contributed by atoms with Gasteiger partial charge in [-0.1, -0.05) is 0 Å². The van der Waals surface area contributed by atoms with Gasteiger partial charge < -0.3 is 7.16 Å². The first-order chi connectivity index (χ1) is 4.13. The zero-order valence-corrected chi connectivity index (χ0v) is 9.95. The largest absolute Gasteiger partial charge is 1.00 e. The third-order valence-electron chi connectivity index (χ3n) is 0.430. The molecule has 0 saturated heterocycles. The van der Waals surface area contributed by atoms with Crippen molar-refractivity contribution in [1.82, 2.24) is 4.72 Å². The maximum atomic E-state index is 10.1. The summed E-state index contributed by atoms with van der Waals surface area (Å²) in [7, 11) is 0. The van der Waals surface area contributed by atoms with Crippen LogP contribution in [0.5, 0.6) is 0 Å². The minimum absolute atomic E-state index is 0. The molecule has 0 rings (SSSR count). The van der Waals surface area contributed by atoms with E-state index in [4.69, 9.17) is 5.73 Å². The Balaban J connectivity index is -0.000000320. The van der Waals surface area contributed by atoms with Gasteiger partial charge in [0, 0.05) is 6.92 Å². The second kappa shape index (κ2) is 8.03. The van der Waals surface area contributed by atoms with Crippen molar-refractivity contribution < 1.29 is 62.4 Å². The molecule has 0 aliphatic carbocycles. The molecule has 0 fully saturated rings. The molecule has 0 aromatic heterocycles.